The Morgan fingerprint density at radius 2 is 0.545 bits per heavy atom. The van der Waals surface area contributed by atoms with Crippen molar-refractivity contribution in [3.8, 4) is 0 Å². The predicted molar refractivity (Wildman–Crippen MR) is 103 cm³/mol. The lowest BCUT2D eigenvalue weighted by Crippen LogP contribution is -2.01. The van der Waals surface area contributed by atoms with E-state index in [2.05, 4.69) is 23.5 Å². The van der Waals surface area contributed by atoms with Crippen molar-refractivity contribution in [2.45, 2.75) is 103 Å². The van der Waals surface area contributed by atoms with Gasteiger partial charge < -0.3 is 0 Å². The fraction of sp³-hybridized carbons (Fsp3) is 0.800. The zero-order chi connectivity index (χ0) is 15.0. The summed E-state index contributed by atoms with van der Waals surface area (Å²) in [5.74, 6) is 0. The lowest BCUT2D eigenvalue weighted by molar-refractivity contribution is 0.585. The van der Waals surface area contributed by atoms with Gasteiger partial charge in [0, 0.05) is 0 Å². The van der Waals surface area contributed by atoms with Gasteiger partial charge in [0.05, 0.1) is 0 Å². The zero-order valence-corrected chi connectivity index (χ0v) is 15.8. The first-order valence-electron chi connectivity index (χ1n) is 9.73. The summed E-state index contributed by atoms with van der Waals surface area (Å²) in [4.78, 5) is 7.07. The van der Waals surface area contributed by atoms with E-state index < -0.39 is 0 Å². The van der Waals surface area contributed by atoms with Crippen LogP contribution >= 0.6 is 23.5 Å². The van der Waals surface area contributed by atoms with Gasteiger partial charge in [0.1, 0.15) is 0 Å². The van der Waals surface area contributed by atoms with Gasteiger partial charge in [0.15, 0.2) is 0 Å². The second-order valence-electron chi connectivity index (χ2n) is 7.14. The SMILES string of the molecule is C1CCCCC2=C(CCC1)SC1=C(CCCCCCCC1)S2. The van der Waals surface area contributed by atoms with Crippen molar-refractivity contribution < 1.29 is 0 Å². The second kappa shape index (κ2) is 9.47. The molecule has 2 heteroatoms. The highest BCUT2D eigenvalue weighted by Gasteiger charge is 2.22. The molecule has 3 aliphatic rings. The lowest BCUT2D eigenvalue weighted by Gasteiger charge is -2.26. The van der Waals surface area contributed by atoms with E-state index >= 15 is 0 Å². The van der Waals surface area contributed by atoms with E-state index in [1.54, 1.807) is 19.6 Å². The molecular weight excluding hydrogens is 304 g/mol. The van der Waals surface area contributed by atoms with Gasteiger partial charge in [0.2, 0.25) is 0 Å². The molecule has 0 bridgehead atoms. The van der Waals surface area contributed by atoms with Crippen LogP contribution in [0.3, 0.4) is 0 Å². The first-order chi connectivity index (χ1) is 10.9. The molecule has 1 aliphatic heterocycles. The Hall–Kier alpha value is 0.180. The van der Waals surface area contributed by atoms with Crippen LogP contribution in [-0.2, 0) is 0 Å². The van der Waals surface area contributed by atoms with Crippen LogP contribution in [0.25, 0.3) is 0 Å². The molecule has 0 spiro atoms. The van der Waals surface area contributed by atoms with Crippen LogP contribution in [0, 0.1) is 0 Å². The zero-order valence-electron chi connectivity index (χ0n) is 14.1. The van der Waals surface area contributed by atoms with E-state index in [4.69, 9.17) is 0 Å². The van der Waals surface area contributed by atoms with Crippen LogP contribution in [0.4, 0.5) is 0 Å². The Morgan fingerprint density at radius 3 is 0.818 bits per heavy atom. The first-order valence-corrected chi connectivity index (χ1v) is 11.4. The summed E-state index contributed by atoms with van der Waals surface area (Å²) in [7, 11) is 0. The minimum Gasteiger partial charge on any atom is -0.0973 e. The Balaban J connectivity index is 1.70. The van der Waals surface area contributed by atoms with E-state index in [9.17, 15) is 0 Å². The average molecular weight is 337 g/mol. The second-order valence-corrected chi connectivity index (χ2v) is 9.52. The highest BCUT2D eigenvalue weighted by molar-refractivity contribution is 8.13. The molecular formula is C20H32S2. The summed E-state index contributed by atoms with van der Waals surface area (Å²) < 4.78 is 0. The van der Waals surface area contributed by atoms with Crippen LogP contribution in [0.1, 0.15) is 103 Å². The molecule has 0 saturated heterocycles. The summed E-state index contributed by atoms with van der Waals surface area (Å²) in [6, 6.07) is 0. The van der Waals surface area contributed by atoms with Crippen LogP contribution < -0.4 is 0 Å². The number of rotatable bonds is 0. The Kier molecular flexibility index (Phi) is 7.33. The highest BCUT2D eigenvalue weighted by Crippen LogP contribution is 2.51. The standard InChI is InChI=1S/C20H32S2/c1-2-6-10-14-18-17(13-9-5-1)21-19-15-11-7-3-4-8-12-16-20(19)22-18/h1-16H2. The van der Waals surface area contributed by atoms with Gasteiger partial charge in [-0.25, -0.2) is 0 Å². The van der Waals surface area contributed by atoms with Gasteiger partial charge in [-0.05, 0) is 71.0 Å². The highest BCUT2D eigenvalue weighted by atomic mass is 32.2. The average Bonchev–Trinajstić information content (AvgIpc) is 2.55. The number of thioether (sulfide) groups is 2. The van der Waals surface area contributed by atoms with Gasteiger partial charge in [-0.1, -0.05) is 74.9 Å². The van der Waals surface area contributed by atoms with Crippen LogP contribution in [-0.4, -0.2) is 0 Å². The predicted octanol–water partition coefficient (Wildman–Crippen LogP) is 8.16. The third-order valence-corrected chi connectivity index (χ3v) is 8.28. The third-order valence-electron chi connectivity index (χ3n) is 5.23. The van der Waals surface area contributed by atoms with Crippen LogP contribution in [0.15, 0.2) is 19.6 Å². The number of hydrogen-bond donors (Lipinski definition) is 0. The van der Waals surface area contributed by atoms with Crippen molar-refractivity contribution in [3.05, 3.63) is 19.6 Å². The molecule has 3 rings (SSSR count). The van der Waals surface area contributed by atoms with E-state index in [0.717, 1.165) is 0 Å². The molecule has 0 aromatic rings. The van der Waals surface area contributed by atoms with E-state index in [-0.39, 0.29) is 0 Å². The molecule has 1 heterocycles. The monoisotopic (exact) mass is 336 g/mol. The maximum absolute atomic E-state index is 2.22. The fourth-order valence-electron chi connectivity index (χ4n) is 3.84. The third kappa shape index (κ3) is 5.09. The molecule has 0 radical (unpaired) electrons. The molecule has 0 aromatic carbocycles. The molecule has 0 N–H and O–H groups in total. The summed E-state index contributed by atoms with van der Waals surface area (Å²) in [5, 5.41) is 0. The van der Waals surface area contributed by atoms with Crippen LogP contribution in [0.2, 0.25) is 0 Å². The normalized spacial score (nSPS) is 26.2. The van der Waals surface area contributed by atoms with E-state index in [1.807, 2.05) is 0 Å². The number of hydrogen-bond acceptors (Lipinski definition) is 2. The van der Waals surface area contributed by atoms with Gasteiger partial charge in [-0.15, -0.1) is 0 Å². The van der Waals surface area contributed by atoms with Gasteiger partial charge >= 0.3 is 0 Å². The first kappa shape index (κ1) is 17.0. The maximum Gasteiger partial charge on any atom is -0.000682 e. The molecule has 0 unspecified atom stereocenters. The quantitative estimate of drug-likeness (QED) is 0.437. The summed E-state index contributed by atoms with van der Waals surface area (Å²) in [5.41, 5.74) is 0. The minimum absolute atomic E-state index is 1.36. The van der Waals surface area contributed by atoms with Gasteiger partial charge in [0.25, 0.3) is 0 Å². The van der Waals surface area contributed by atoms with Crippen molar-refractivity contribution in [2.75, 3.05) is 0 Å². The molecule has 0 aromatic heterocycles. The largest absolute Gasteiger partial charge is 0.0973 e. The Labute approximate surface area is 146 Å². The molecule has 124 valence electrons. The topological polar surface area (TPSA) is 0 Å². The molecule has 0 saturated carbocycles. The maximum atomic E-state index is 2.22. The summed E-state index contributed by atoms with van der Waals surface area (Å²) in [6.45, 7) is 0. The van der Waals surface area contributed by atoms with Crippen molar-refractivity contribution in [1.82, 2.24) is 0 Å². The van der Waals surface area contributed by atoms with E-state index in [0.29, 0.717) is 0 Å². The molecule has 2 aliphatic carbocycles. The Bertz CT molecular complexity index is 343. The lowest BCUT2D eigenvalue weighted by atomic mass is 10.0. The fourth-order valence-corrected chi connectivity index (χ4v) is 6.79. The van der Waals surface area contributed by atoms with E-state index in [1.165, 1.54) is 103 Å². The molecule has 22 heavy (non-hydrogen) atoms. The van der Waals surface area contributed by atoms with Crippen molar-refractivity contribution in [2.24, 2.45) is 0 Å². The minimum atomic E-state index is 1.36. The molecule has 0 fully saturated rings. The van der Waals surface area contributed by atoms with Crippen molar-refractivity contribution in [1.29, 1.82) is 0 Å². The Morgan fingerprint density at radius 1 is 0.318 bits per heavy atom. The van der Waals surface area contributed by atoms with Crippen molar-refractivity contribution in [3.63, 3.8) is 0 Å². The van der Waals surface area contributed by atoms with Gasteiger partial charge in [-0.3, -0.25) is 0 Å². The smallest absolute Gasteiger partial charge is 0.000682 e. The molecule has 0 nitrogen and oxygen atoms in total. The van der Waals surface area contributed by atoms with Crippen LogP contribution in [0.5, 0.6) is 0 Å². The molecule has 0 atom stereocenters. The molecule has 0 amide bonds. The summed E-state index contributed by atoms with van der Waals surface area (Å²) in [6.07, 6.45) is 22.8. The van der Waals surface area contributed by atoms with Gasteiger partial charge in [-0.2, -0.15) is 0 Å². The summed E-state index contributed by atoms with van der Waals surface area (Å²) >= 11 is 4.43. The number of allylic oxidation sites excluding steroid dienone is 4. The van der Waals surface area contributed by atoms with Crippen molar-refractivity contribution >= 4 is 23.5 Å².